The molecule has 0 spiro atoms. The topological polar surface area (TPSA) is 18.5 Å². The fourth-order valence-electron chi connectivity index (χ4n) is 4.47. The van der Waals surface area contributed by atoms with Crippen molar-refractivity contribution in [2.24, 2.45) is 5.92 Å². The first-order valence-electron chi connectivity index (χ1n) is 8.84. The summed E-state index contributed by atoms with van der Waals surface area (Å²) in [5, 5.41) is 0. The van der Waals surface area contributed by atoms with Crippen LogP contribution in [0.5, 0.6) is 11.5 Å². The molecule has 0 aromatic heterocycles. The average molecular weight is 320 g/mol. The Kier molecular flexibility index (Phi) is 4.05. The molecule has 0 radical (unpaired) electrons. The van der Waals surface area contributed by atoms with Gasteiger partial charge in [0.25, 0.3) is 0 Å². The monoisotopic (exact) mass is 320 g/mol. The molecule has 2 atom stereocenters. The van der Waals surface area contributed by atoms with Crippen LogP contribution in [0.4, 0.5) is 0 Å². The van der Waals surface area contributed by atoms with Crippen molar-refractivity contribution in [2.75, 3.05) is 14.2 Å². The fraction of sp³-hybridized carbons (Fsp3) is 0.364. The minimum Gasteiger partial charge on any atom is -0.497 e. The van der Waals surface area contributed by atoms with Crippen LogP contribution < -0.4 is 9.47 Å². The number of benzene rings is 2. The minimum atomic E-state index is 0.576. The molecule has 0 bridgehead atoms. The Hall–Kier alpha value is -2.22. The van der Waals surface area contributed by atoms with Gasteiger partial charge in [0.2, 0.25) is 0 Å². The molecule has 24 heavy (non-hydrogen) atoms. The molecule has 0 unspecified atom stereocenters. The Morgan fingerprint density at radius 3 is 2.29 bits per heavy atom. The van der Waals surface area contributed by atoms with E-state index in [9.17, 15) is 0 Å². The molecule has 0 aliphatic heterocycles. The Bertz CT molecular complexity index is 758. The number of allylic oxidation sites excluding steroid dienone is 1. The van der Waals surface area contributed by atoms with E-state index in [4.69, 9.17) is 9.47 Å². The van der Waals surface area contributed by atoms with Crippen LogP contribution in [-0.2, 0) is 0 Å². The first-order valence-corrected chi connectivity index (χ1v) is 8.84. The van der Waals surface area contributed by atoms with E-state index in [0.717, 1.165) is 11.5 Å². The van der Waals surface area contributed by atoms with E-state index in [1.807, 2.05) is 0 Å². The Morgan fingerprint density at radius 2 is 1.58 bits per heavy atom. The van der Waals surface area contributed by atoms with E-state index in [-0.39, 0.29) is 0 Å². The number of fused-ring (bicyclic) bond motifs is 3. The van der Waals surface area contributed by atoms with Crippen molar-refractivity contribution in [2.45, 2.75) is 31.6 Å². The summed E-state index contributed by atoms with van der Waals surface area (Å²) in [6.07, 6.45) is 7.53. The number of ether oxygens (including phenoxy) is 2. The van der Waals surface area contributed by atoms with Gasteiger partial charge >= 0.3 is 0 Å². The molecule has 0 saturated heterocycles. The van der Waals surface area contributed by atoms with Gasteiger partial charge in [-0.15, -0.1) is 0 Å². The zero-order chi connectivity index (χ0) is 16.5. The molecular weight excluding hydrogens is 296 g/mol. The Balaban J connectivity index is 1.84. The molecular formula is C22H24O2. The smallest absolute Gasteiger partial charge is 0.122 e. The number of hydrogen-bond donors (Lipinski definition) is 0. The van der Waals surface area contributed by atoms with Crippen LogP contribution in [0.2, 0.25) is 0 Å². The van der Waals surface area contributed by atoms with Crippen LogP contribution in [0.15, 0.2) is 42.5 Å². The highest BCUT2D eigenvalue weighted by atomic mass is 16.5. The van der Waals surface area contributed by atoms with E-state index in [1.165, 1.54) is 47.9 Å². The van der Waals surface area contributed by atoms with E-state index in [2.05, 4.69) is 48.5 Å². The van der Waals surface area contributed by atoms with Crippen molar-refractivity contribution in [3.8, 4) is 11.5 Å². The fourth-order valence-corrected chi connectivity index (χ4v) is 4.47. The van der Waals surface area contributed by atoms with Crippen LogP contribution in [0, 0.1) is 5.92 Å². The summed E-state index contributed by atoms with van der Waals surface area (Å²) in [5.41, 5.74) is 5.54. The zero-order valence-electron chi connectivity index (χ0n) is 14.4. The maximum absolute atomic E-state index is 5.69. The standard InChI is InChI=1S/C22H24O2/c1-23-17-12-10-15(11-13-17)20-14-16-6-5-9-21(24-2)22(16)19-8-4-3-7-18(19)20/h5-6,9-14,18-19H,3-4,7-8H2,1-2H3/t18-,19+/m0/s1. The molecule has 2 aromatic carbocycles. The molecule has 2 aliphatic carbocycles. The second-order valence-corrected chi connectivity index (χ2v) is 6.79. The maximum Gasteiger partial charge on any atom is 0.122 e. The van der Waals surface area contributed by atoms with Crippen LogP contribution >= 0.6 is 0 Å². The maximum atomic E-state index is 5.69. The summed E-state index contributed by atoms with van der Waals surface area (Å²) in [7, 11) is 3.50. The van der Waals surface area contributed by atoms with Gasteiger partial charge < -0.3 is 9.47 Å². The Labute approximate surface area is 144 Å². The van der Waals surface area contributed by atoms with Gasteiger partial charge in [0, 0.05) is 5.56 Å². The van der Waals surface area contributed by atoms with Gasteiger partial charge in [0.1, 0.15) is 11.5 Å². The summed E-state index contributed by atoms with van der Waals surface area (Å²) in [6.45, 7) is 0. The van der Waals surface area contributed by atoms with E-state index >= 15 is 0 Å². The van der Waals surface area contributed by atoms with Crippen molar-refractivity contribution in [3.63, 3.8) is 0 Å². The number of methoxy groups -OCH3 is 2. The molecule has 0 N–H and O–H groups in total. The Morgan fingerprint density at radius 1 is 0.833 bits per heavy atom. The number of hydrogen-bond acceptors (Lipinski definition) is 2. The lowest BCUT2D eigenvalue weighted by atomic mass is 9.66. The molecule has 2 aromatic rings. The average Bonchev–Trinajstić information content (AvgIpc) is 2.67. The lowest BCUT2D eigenvalue weighted by molar-refractivity contribution is 0.348. The highest BCUT2D eigenvalue weighted by molar-refractivity contribution is 5.87. The number of rotatable bonds is 3. The van der Waals surface area contributed by atoms with Gasteiger partial charge in [0.05, 0.1) is 14.2 Å². The third-order valence-corrected chi connectivity index (χ3v) is 5.59. The van der Waals surface area contributed by atoms with Crippen molar-refractivity contribution < 1.29 is 9.47 Å². The third-order valence-electron chi connectivity index (χ3n) is 5.59. The quantitative estimate of drug-likeness (QED) is 0.740. The molecule has 2 aliphatic rings. The molecule has 2 heteroatoms. The second kappa shape index (κ2) is 6.35. The summed E-state index contributed by atoms with van der Waals surface area (Å²) >= 11 is 0. The largest absolute Gasteiger partial charge is 0.497 e. The van der Waals surface area contributed by atoms with E-state index in [1.54, 1.807) is 14.2 Å². The molecule has 0 heterocycles. The highest BCUT2D eigenvalue weighted by Crippen LogP contribution is 2.52. The molecule has 1 fully saturated rings. The van der Waals surface area contributed by atoms with Crippen LogP contribution in [0.3, 0.4) is 0 Å². The van der Waals surface area contributed by atoms with Crippen molar-refractivity contribution in [1.82, 2.24) is 0 Å². The molecule has 4 rings (SSSR count). The second-order valence-electron chi connectivity index (χ2n) is 6.79. The third kappa shape index (κ3) is 2.50. The molecule has 2 nitrogen and oxygen atoms in total. The van der Waals surface area contributed by atoms with Crippen LogP contribution in [0.25, 0.3) is 11.6 Å². The molecule has 124 valence electrons. The van der Waals surface area contributed by atoms with Crippen LogP contribution in [-0.4, -0.2) is 14.2 Å². The lowest BCUT2D eigenvalue weighted by Crippen LogP contribution is -2.23. The van der Waals surface area contributed by atoms with Gasteiger partial charge in [-0.05, 0) is 59.6 Å². The van der Waals surface area contributed by atoms with Gasteiger partial charge in [0.15, 0.2) is 0 Å². The van der Waals surface area contributed by atoms with Crippen molar-refractivity contribution >= 4 is 11.6 Å². The lowest BCUT2D eigenvalue weighted by Gasteiger charge is -2.38. The van der Waals surface area contributed by atoms with E-state index in [0.29, 0.717) is 11.8 Å². The molecule has 0 amide bonds. The van der Waals surface area contributed by atoms with Crippen molar-refractivity contribution in [1.29, 1.82) is 0 Å². The van der Waals surface area contributed by atoms with Gasteiger partial charge in [-0.2, -0.15) is 0 Å². The molecule has 1 saturated carbocycles. The normalized spacial score (nSPS) is 22.2. The van der Waals surface area contributed by atoms with E-state index < -0.39 is 0 Å². The summed E-state index contributed by atoms with van der Waals surface area (Å²) < 4.78 is 11.0. The summed E-state index contributed by atoms with van der Waals surface area (Å²) in [5.74, 6) is 3.13. The highest BCUT2D eigenvalue weighted by Gasteiger charge is 2.35. The first-order chi connectivity index (χ1) is 11.8. The van der Waals surface area contributed by atoms with Crippen molar-refractivity contribution in [3.05, 3.63) is 59.2 Å². The van der Waals surface area contributed by atoms with Gasteiger partial charge in [-0.25, -0.2) is 0 Å². The van der Waals surface area contributed by atoms with Gasteiger partial charge in [-0.3, -0.25) is 0 Å². The zero-order valence-corrected chi connectivity index (χ0v) is 14.4. The first kappa shape index (κ1) is 15.3. The van der Waals surface area contributed by atoms with Gasteiger partial charge in [-0.1, -0.05) is 43.2 Å². The summed E-state index contributed by atoms with van der Waals surface area (Å²) in [4.78, 5) is 0. The predicted molar refractivity (Wildman–Crippen MR) is 98.6 cm³/mol. The predicted octanol–water partition coefficient (Wildman–Crippen LogP) is 5.53. The minimum absolute atomic E-state index is 0.576. The summed E-state index contributed by atoms with van der Waals surface area (Å²) in [6, 6.07) is 15.0. The SMILES string of the molecule is COc1ccc(C2=Cc3cccc(OC)c3[C@@H]3CCCC[C@H]23)cc1. The van der Waals surface area contributed by atoms with Crippen LogP contribution in [0.1, 0.15) is 48.3 Å².